The molecular formula is C16H32O2. The maximum Gasteiger partial charge on any atom is 0.312 e. The van der Waals surface area contributed by atoms with Gasteiger partial charge < -0.3 is 4.74 Å². The van der Waals surface area contributed by atoms with Crippen LogP contribution in [0.1, 0.15) is 68.2 Å². The van der Waals surface area contributed by atoms with E-state index in [0.29, 0.717) is 17.8 Å². The molecule has 0 bridgehead atoms. The number of carbonyl (C=O) groups is 1. The molecule has 0 radical (unpaired) electrons. The van der Waals surface area contributed by atoms with E-state index in [1.807, 2.05) is 6.92 Å². The molecule has 0 aliphatic carbocycles. The molecule has 2 unspecified atom stereocenters. The molecule has 18 heavy (non-hydrogen) atoms. The second kappa shape index (κ2) is 7.16. The molecule has 0 amide bonds. The Labute approximate surface area is 113 Å². The number of rotatable bonds is 7. The van der Waals surface area contributed by atoms with Gasteiger partial charge >= 0.3 is 5.97 Å². The average molecular weight is 256 g/mol. The molecular weight excluding hydrogens is 224 g/mol. The van der Waals surface area contributed by atoms with Crippen molar-refractivity contribution < 1.29 is 9.53 Å². The summed E-state index contributed by atoms with van der Waals surface area (Å²) in [6.07, 6.45) is 1.82. The van der Waals surface area contributed by atoms with Crippen LogP contribution in [0.2, 0.25) is 0 Å². The summed E-state index contributed by atoms with van der Waals surface area (Å²) in [5.41, 5.74) is -0.365. The highest BCUT2D eigenvalue weighted by molar-refractivity contribution is 5.77. The third-order valence-corrected chi connectivity index (χ3v) is 3.98. The fourth-order valence-corrected chi connectivity index (χ4v) is 2.37. The average Bonchev–Trinajstić information content (AvgIpc) is 2.23. The van der Waals surface area contributed by atoms with E-state index < -0.39 is 0 Å². The van der Waals surface area contributed by atoms with Crippen LogP contribution in [0.25, 0.3) is 0 Å². The van der Waals surface area contributed by atoms with Crippen LogP contribution in [0.5, 0.6) is 0 Å². The van der Waals surface area contributed by atoms with Gasteiger partial charge in [0.25, 0.3) is 0 Å². The van der Waals surface area contributed by atoms with Gasteiger partial charge in [0.1, 0.15) is 6.10 Å². The van der Waals surface area contributed by atoms with Gasteiger partial charge in [-0.05, 0) is 37.5 Å². The van der Waals surface area contributed by atoms with Crippen LogP contribution in [-0.2, 0) is 9.53 Å². The summed E-state index contributed by atoms with van der Waals surface area (Å²) in [6, 6.07) is 0. The standard InChI is InChI=1S/C16H32O2/c1-9-14(12(4)5)18-15(17)16(8,13(6)7)10-11(2)3/h11-14H,9-10H2,1-8H3. The molecule has 2 nitrogen and oxygen atoms in total. The van der Waals surface area contributed by atoms with Crippen molar-refractivity contribution in [3.05, 3.63) is 0 Å². The highest BCUT2D eigenvalue weighted by Gasteiger charge is 2.39. The molecule has 0 fully saturated rings. The number of esters is 1. The van der Waals surface area contributed by atoms with Crippen LogP contribution < -0.4 is 0 Å². The van der Waals surface area contributed by atoms with Crippen molar-refractivity contribution >= 4 is 5.97 Å². The lowest BCUT2D eigenvalue weighted by Crippen LogP contribution is -2.39. The third-order valence-electron chi connectivity index (χ3n) is 3.98. The molecule has 0 aliphatic heterocycles. The van der Waals surface area contributed by atoms with Crippen molar-refractivity contribution in [1.82, 2.24) is 0 Å². The topological polar surface area (TPSA) is 26.3 Å². The minimum absolute atomic E-state index is 0.0215. The monoisotopic (exact) mass is 256 g/mol. The third kappa shape index (κ3) is 4.62. The van der Waals surface area contributed by atoms with Crippen molar-refractivity contribution in [2.75, 3.05) is 0 Å². The Bertz CT molecular complexity index is 256. The van der Waals surface area contributed by atoms with Crippen molar-refractivity contribution in [2.24, 2.45) is 23.2 Å². The molecule has 0 saturated heterocycles. The van der Waals surface area contributed by atoms with E-state index in [9.17, 15) is 4.79 Å². The van der Waals surface area contributed by atoms with Gasteiger partial charge in [-0.25, -0.2) is 0 Å². The summed E-state index contributed by atoms with van der Waals surface area (Å²) in [5, 5.41) is 0. The Hall–Kier alpha value is -0.530. The number of hydrogen-bond donors (Lipinski definition) is 0. The summed E-state index contributed by atoms with van der Waals surface area (Å²) in [7, 11) is 0. The second-order valence-corrected chi connectivity index (χ2v) is 6.77. The van der Waals surface area contributed by atoms with Crippen LogP contribution in [-0.4, -0.2) is 12.1 Å². The highest BCUT2D eigenvalue weighted by atomic mass is 16.5. The van der Waals surface area contributed by atoms with Crippen LogP contribution in [0.3, 0.4) is 0 Å². The van der Waals surface area contributed by atoms with Crippen molar-refractivity contribution in [1.29, 1.82) is 0 Å². The van der Waals surface area contributed by atoms with Crippen LogP contribution in [0.4, 0.5) is 0 Å². The van der Waals surface area contributed by atoms with E-state index in [1.165, 1.54) is 0 Å². The summed E-state index contributed by atoms with van der Waals surface area (Å²) in [5.74, 6) is 1.17. The molecule has 2 heteroatoms. The van der Waals surface area contributed by atoms with E-state index in [2.05, 4.69) is 48.5 Å². The normalized spacial score (nSPS) is 17.1. The molecule has 0 aromatic rings. The van der Waals surface area contributed by atoms with Gasteiger partial charge in [-0.15, -0.1) is 0 Å². The lowest BCUT2D eigenvalue weighted by atomic mass is 9.73. The molecule has 2 atom stereocenters. The smallest absolute Gasteiger partial charge is 0.312 e. The predicted octanol–water partition coefficient (Wildman–Crippen LogP) is 4.67. The van der Waals surface area contributed by atoms with Gasteiger partial charge in [-0.1, -0.05) is 48.5 Å². The Kier molecular flexibility index (Phi) is 6.94. The molecule has 0 aromatic carbocycles. The molecule has 0 saturated carbocycles. The van der Waals surface area contributed by atoms with Gasteiger partial charge in [0.05, 0.1) is 5.41 Å². The summed E-state index contributed by atoms with van der Waals surface area (Å²) >= 11 is 0. The largest absolute Gasteiger partial charge is 0.462 e. The van der Waals surface area contributed by atoms with Gasteiger partial charge in [0.15, 0.2) is 0 Å². The molecule has 0 aliphatic rings. The zero-order chi connectivity index (χ0) is 14.5. The first-order valence-corrected chi connectivity index (χ1v) is 7.36. The molecule has 0 heterocycles. The minimum atomic E-state index is -0.365. The Morgan fingerprint density at radius 3 is 1.89 bits per heavy atom. The summed E-state index contributed by atoms with van der Waals surface area (Å²) < 4.78 is 5.75. The molecule has 0 aromatic heterocycles. The molecule has 108 valence electrons. The van der Waals surface area contributed by atoms with Crippen LogP contribution in [0.15, 0.2) is 0 Å². The first kappa shape index (κ1) is 17.5. The predicted molar refractivity (Wildman–Crippen MR) is 77.4 cm³/mol. The second-order valence-electron chi connectivity index (χ2n) is 6.77. The van der Waals surface area contributed by atoms with E-state index in [-0.39, 0.29) is 17.5 Å². The number of hydrogen-bond acceptors (Lipinski definition) is 2. The molecule has 0 rings (SSSR count). The zero-order valence-corrected chi connectivity index (χ0v) is 13.5. The van der Waals surface area contributed by atoms with Gasteiger partial charge in [0.2, 0.25) is 0 Å². The lowest BCUT2D eigenvalue weighted by Gasteiger charge is -2.35. The van der Waals surface area contributed by atoms with Gasteiger partial charge in [-0.2, -0.15) is 0 Å². The van der Waals surface area contributed by atoms with Crippen molar-refractivity contribution in [2.45, 2.75) is 74.3 Å². The minimum Gasteiger partial charge on any atom is -0.462 e. The number of ether oxygens (including phenoxy) is 1. The van der Waals surface area contributed by atoms with Crippen LogP contribution >= 0.6 is 0 Å². The first-order valence-electron chi connectivity index (χ1n) is 7.36. The van der Waals surface area contributed by atoms with Crippen LogP contribution in [0, 0.1) is 23.2 Å². The fourth-order valence-electron chi connectivity index (χ4n) is 2.37. The maximum atomic E-state index is 12.5. The Morgan fingerprint density at radius 2 is 1.61 bits per heavy atom. The van der Waals surface area contributed by atoms with Gasteiger partial charge in [-0.3, -0.25) is 4.79 Å². The molecule has 0 spiro atoms. The van der Waals surface area contributed by atoms with E-state index in [1.54, 1.807) is 0 Å². The number of carbonyl (C=O) groups excluding carboxylic acids is 1. The molecule has 0 N–H and O–H groups in total. The Morgan fingerprint density at radius 1 is 1.11 bits per heavy atom. The fraction of sp³-hybridized carbons (Fsp3) is 0.938. The first-order chi connectivity index (χ1) is 8.15. The summed E-state index contributed by atoms with van der Waals surface area (Å²) in [6.45, 7) is 16.9. The summed E-state index contributed by atoms with van der Waals surface area (Å²) in [4.78, 5) is 12.5. The quantitative estimate of drug-likeness (QED) is 0.619. The zero-order valence-electron chi connectivity index (χ0n) is 13.5. The van der Waals surface area contributed by atoms with E-state index >= 15 is 0 Å². The van der Waals surface area contributed by atoms with Crippen molar-refractivity contribution in [3.8, 4) is 0 Å². The lowest BCUT2D eigenvalue weighted by molar-refractivity contribution is -0.167. The highest BCUT2D eigenvalue weighted by Crippen LogP contribution is 2.36. The van der Waals surface area contributed by atoms with E-state index in [4.69, 9.17) is 4.74 Å². The maximum absolute atomic E-state index is 12.5. The Balaban J connectivity index is 4.87. The van der Waals surface area contributed by atoms with Gasteiger partial charge in [0, 0.05) is 0 Å². The van der Waals surface area contributed by atoms with Crippen molar-refractivity contribution in [3.63, 3.8) is 0 Å². The SMILES string of the molecule is CCC(OC(=O)C(C)(CC(C)C)C(C)C)C(C)C. The van der Waals surface area contributed by atoms with E-state index in [0.717, 1.165) is 12.8 Å².